The Labute approximate surface area is 200 Å². The molecule has 0 spiro atoms. The molecule has 2 aliphatic heterocycles. The molecule has 178 valence electrons. The van der Waals surface area contributed by atoms with E-state index in [0.29, 0.717) is 37.0 Å². The number of oxazole rings is 1. The van der Waals surface area contributed by atoms with Crippen LogP contribution in [0.25, 0.3) is 0 Å². The summed E-state index contributed by atoms with van der Waals surface area (Å²) in [6, 6.07) is 17.8. The molecular weight excluding hydrogens is 430 g/mol. The van der Waals surface area contributed by atoms with Crippen molar-refractivity contribution in [2.24, 2.45) is 0 Å². The number of nitrogens with zero attached hydrogens (tertiary/aromatic N) is 5. The summed E-state index contributed by atoms with van der Waals surface area (Å²) in [6.07, 6.45) is 1.50. The van der Waals surface area contributed by atoms with Gasteiger partial charge >= 0.3 is 0 Å². The fraction of sp³-hybridized carbons (Fsp3) is 0.385. The van der Waals surface area contributed by atoms with Crippen molar-refractivity contribution in [2.45, 2.75) is 13.1 Å². The van der Waals surface area contributed by atoms with Gasteiger partial charge in [-0.1, -0.05) is 36.4 Å². The Balaban J connectivity index is 1.09. The quantitative estimate of drug-likeness (QED) is 0.605. The lowest BCUT2D eigenvalue weighted by atomic mass is 10.1. The zero-order valence-electron chi connectivity index (χ0n) is 19.3. The Morgan fingerprint density at radius 1 is 0.824 bits per heavy atom. The first-order valence-corrected chi connectivity index (χ1v) is 11.9. The number of carbonyl (C=O) groups excluding carboxylic acids is 1. The first-order valence-electron chi connectivity index (χ1n) is 11.9. The van der Waals surface area contributed by atoms with Gasteiger partial charge in [-0.05, 0) is 18.2 Å². The average molecular weight is 462 g/mol. The second-order valence-electron chi connectivity index (χ2n) is 8.92. The molecule has 3 aromatic rings. The summed E-state index contributed by atoms with van der Waals surface area (Å²) in [5.41, 5.74) is 2.54. The van der Waals surface area contributed by atoms with Crippen LogP contribution in [0.4, 0.5) is 5.69 Å². The third-order valence-electron chi connectivity index (χ3n) is 6.67. The topological polar surface area (TPSA) is 76.3 Å². The highest BCUT2D eigenvalue weighted by molar-refractivity contribution is 5.92. The molecule has 3 heterocycles. The molecule has 2 aliphatic rings. The molecule has 0 unspecified atom stereocenters. The van der Waals surface area contributed by atoms with Crippen molar-refractivity contribution < 1.29 is 14.3 Å². The number of hydrogen-bond acceptors (Lipinski definition) is 7. The Bertz CT molecular complexity index is 1090. The maximum atomic E-state index is 12.9. The van der Waals surface area contributed by atoms with Gasteiger partial charge in [0.1, 0.15) is 12.0 Å². The Hall–Kier alpha value is -3.36. The van der Waals surface area contributed by atoms with E-state index in [0.717, 1.165) is 51.4 Å². The number of amides is 1. The van der Waals surface area contributed by atoms with Gasteiger partial charge in [0.15, 0.2) is 5.69 Å². The molecule has 1 aromatic heterocycles. The normalized spacial score (nSPS) is 17.8. The number of phenolic OH excluding ortho intramolecular Hbond substituents is 1. The lowest BCUT2D eigenvalue weighted by molar-refractivity contribution is 0.0740. The zero-order chi connectivity index (χ0) is 23.3. The summed E-state index contributed by atoms with van der Waals surface area (Å²) in [4.78, 5) is 26.2. The molecule has 8 heteroatoms. The number of aromatic nitrogens is 1. The molecule has 34 heavy (non-hydrogen) atoms. The number of phenols is 1. The van der Waals surface area contributed by atoms with Crippen LogP contribution in [0, 0.1) is 0 Å². The number of carbonyl (C=O) groups is 1. The summed E-state index contributed by atoms with van der Waals surface area (Å²) in [5, 5.41) is 10.0. The molecule has 8 nitrogen and oxygen atoms in total. The van der Waals surface area contributed by atoms with Gasteiger partial charge in [-0.3, -0.25) is 14.6 Å². The Morgan fingerprint density at radius 3 is 2.18 bits per heavy atom. The highest BCUT2D eigenvalue weighted by atomic mass is 16.3. The molecule has 2 fully saturated rings. The Morgan fingerprint density at radius 2 is 1.47 bits per heavy atom. The SMILES string of the molecule is O=C(c1coc(CN2CCN(Cc3ccccc3O)CC2)n1)N1CCN(c2ccccc2)CC1. The number of anilines is 1. The summed E-state index contributed by atoms with van der Waals surface area (Å²) < 4.78 is 5.65. The second-order valence-corrected chi connectivity index (χ2v) is 8.92. The van der Waals surface area contributed by atoms with Crippen LogP contribution in [0.2, 0.25) is 0 Å². The first-order chi connectivity index (χ1) is 16.7. The predicted octanol–water partition coefficient (Wildman–Crippen LogP) is 2.66. The summed E-state index contributed by atoms with van der Waals surface area (Å²) in [7, 11) is 0. The van der Waals surface area contributed by atoms with Gasteiger partial charge in [-0.25, -0.2) is 4.98 Å². The lowest BCUT2D eigenvalue weighted by Gasteiger charge is -2.35. The van der Waals surface area contributed by atoms with E-state index in [9.17, 15) is 9.90 Å². The van der Waals surface area contributed by atoms with Crippen molar-refractivity contribution in [3.8, 4) is 5.75 Å². The first kappa shape index (κ1) is 22.4. The van der Waals surface area contributed by atoms with Crippen molar-refractivity contribution in [1.82, 2.24) is 19.7 Å². The molecule has 1 N–H and O–H groups in total. The number of benzene rings is 2. The number of rotatable bonds is 6. The van der Waals surface area contributed by atoms with Crippen LogP contribution >= 0.6 is 0 Å². The molecule has 0 aliphatic carbocycles. The maximum absolute atomic E-state index is 12.9. The van der Waals surface area contributed by atoms with Gasteiger partial charge in [0.2, 0.25) is 5.89 Å². The van der Waals surface area contributed by atoms with Gasteiger partial charge in [-0.15, -0.1) is 0 Å². The molecule has 0 saturated carbocycles. The van der Waals surface area contributed by atoms with E-state index in [1.807, 2.05) is 41.3 Å². The van der Waals surface area contributed by atoms with Crippen molar-refractivity contribution in [1.29, 1.82) is 0 Å². The third-order valence-corrected chi connectivity index (χ3v) is 6.67. The van der Waals surface area contributed by atoms with Crippen LogP contribution in [0.15, 0.2) is 65.3 Å². The monoisotopic (exact) mass is 461 g/mol. The number of aromatic hydroxyl groups is 1. The van der Waals surface area contributed by atoms with Crippen LogP contribution in [0.1, 0.15) is 21.9 Å². The van der Waals surface area contributed by atoms with E-state index in [1.54, 1.807) is 6.07 Å². The standard InChI is InChI=1S/C26H31N5O3/c32-24-9-5-4-6-21(24)18-28-10-12-29(13-11-28)19-25-27-23(20-34-25)26(33)31-16-14-30(15-17-31)22-7-2-1-3-8-22/h1-9,20,32H,10-19H2. The van der Waals surface area contributed by atoms with Gasteiger partial charge in [0, 0.05) is 70.2 Å². The summed E-state index contributed by atoms with van der Waals surface area (Å²) >= 11 is 0. The lowest BCUT2D eigenvalue weighted by Crippen LogP contribution is -2.48. The van der Waals surface area contributed by atoms with Crippen molar-refractivity contribution in [3.63, 3.8) is 0 Å². The van der Waals surface area contributed by atoms with E-state index in [-0.39, 0.29) is 5.91 Å². The van der Waals surface area contributed by atoms with Crippen LogP contribution in [0.5, 0.6) is 5.75 Å². The third kappa shape index (κ3) is 5.24. The van der Waals surface area contributed by atoms with Gasteiger partial charge < -0.3 is 19.3 Å². The van der Waals surface area contributed by atoms with E-state index in [4.69, 9.17) is 4.42 Å². The molecular formula is C26H31N5O3. The molecule has 1 amide bonds. The molecule has 2 aromatic carbocycles. The van der Waals surface area contributed by atoms with E-state index in [2.05, 4.69) is 31.8 Å². The molecule has 0 atom stereocenters. The molecule has 5 rings (SSSR count). The van der Waals surface area contributed by atoms with Crippen LogP contribution in [0.3, 0.4) is 0 Å². The minimum atomic E-state index is -0.0600. The van der Waals surface area contributed by atoms with Crippen molar-refractivity contribution in [3.05, 3.63) is 78.0 Å². The maximum Gasteiger partial charge on any atom is 0.275 e. The zero-order valence-corrected chi connectivity index (χ0v) is 19.3. The van der Waals surface area contributed by atoms with Crippen molar-refractivity contribution >= 4 is 11.6 Å². The summed E-state index contributed by atoms with van der Waals surface area (Å²) in [6.45, 7) is 7.91. The fourth-order valence-corrected chi connectivity index (χ4v) is 4.63. The van der Waals surface area contributed by atoms with Crippen LogP contribution in [-0.2, 0) is 13.1 Å². The average Bonchev–Trinajstić information content (AvgIpc) is 3.35. The molecule has 0 radical (unpaired) electrons. The van der Waals surface area contributed by atoms with Crippen LogP contribution < -0.4 is 4.90 Å². The predicted molar refractivity (Wildman–Crippen MR) is 130 cm³/mol. The number of piperazine rings is 2. The minimum Gasteiger partial charge on any atom is -0.508 e. The minimum absolute atomic E-state index is 0.0600. The van der Waals surface area contributed by atoms with E-state index >= 15 is 0 Å². The second kappa shape index (κ2) is 10.3. The fourth-order valence-electron chi connectivity index (χ4n) is 4.63. The highest BCUT2D eigenvalue weighted by Gasteiger charge is 2.25. The highest BCUT2D eigenvalue weighted by Crippen LogP contribution is 2.20. The van der Waals surface area contributed by atoms with Crippen molar-refractivity contribution in [2.75, 3.05) is 57.3 Å². The van der Waals surface area contributed by atoms with Crippen LogP contribution in [-0.4, -0.2) is 83.1 Å². The number of para-hydroxylation sites is 2. The van der Waals surface area contributed by atoms with Gasteiger partial charge in [0.05, 0.1) is 6.54 Å². The molecule has 2 saturated heterocycles. The van der Waals surface area contributed by atoms with E-state index in [1.165, 1.54) is 12.0 Å². The largest absolute Gasteiger partial charge is 0.508 e. The van der Waals surface area contributed by atoms with Gasteiger partial charge in [0.25, 0.3) is 5.91 Å². The summed E-state index contributed by atoms with van der Waals surface area (Å²) in [5.74, 6) is 0.874. The molecule has 0 bridgehead atoms. The number of hydrogen-bond donors (Lipinski definition) is 1. The Kier molecular flexibility index (Phi) is 6.78. The smallest absolute Gasteiger partial charge is 0.275 e. The van der Waals surface area contributed by atoms with E-state index < -0.39 is 0 Å². The van der Waals surface area contributed by atoms with Gasteiger partial charge in [-0.2, -0.15) is 0 Å².